The van der Waals surface area contributed by atoms with Crippen LogP contribution in [0.3, 0.4) is 0 Å². The fraction of sp³-hybridized carbons (Fsp3) is 0.111. The van der Waals surface area contributed by atoms with Gasteiger partial charge in [0.1, 0.15) is 16.9 Å². The van der Waals surface area contributed by atoms with Crippen LogP contribution in [0.1, 0.15) is 16.1 Å². The van der Waals surface area contributed by atoms with Gasteiger partial charge in [-0.05, 0) is 64.2 Å². The Balaban J connectivity index is 2.14. The molecule has 1 heterocycles. The van der Waals surface area contributed by atoms with Crippen molar-refractivity contribution in [3.05, 3.63) is 65.1 Å². The largest absolute Gasteiger partial charge is 0.496 e. The maximum Gasteiger partial charge on any atom is 0.344 e. The monoisotopic (exact) mass is 562 g/mol. The SMILES string of the molecule is COc1cc(OC(=O)c2ccccc2I)c(I)c2oc(C)cc(=O)c12. The number of methoxy groups -OCH3 is 1. The minimum Gasteiger partial charge on any atom is -0.496 e. The van der Waals surface area contributed by atoms with E-state index in [0.717, 1.165) is 3.57 Å². The van der Waals surface area contributed by atoms with Crippen molar-refractivity contribution in [3.8, 4) is 11.5 Å². The summed E-state index contributed by atoms with van der Waals surface area (Å²) in [6.07, 6.45) is 0. The van der Waals surface area contributed by atoms with Crippen LogP contribution in [-0.4, -0.2) is 13.1 Å². The lowest BCUT2D eigenvalue weighted by atomic mass is 10.2. The fourth-order valence-electron chi connectivity index (χ4n) is 2.38. The van der Waals surface area contributed by atoms with Crippen LogP contribution in [-0.2, 0) is 0 Å². The maximum absolute atomic E-state index is 12.5. The van der Waals surface area contributed by atoms with E-state index >= 15 is 0 Å². The Hall–Kier alpha value is -1.62. The van der Waals surface area contributed by atoms with E-state index < -0.39 is 5.97 Å². The van der Waals surface area contributed by atoms with Crippen LogP contribution in [0.4, 0.5) is 0 Å². The van der Waals surface area contributed by atoms with Gasteiger partial charge >= 0.3 is 5.97 Å². The van der Waals surface area contributed by atoms with E-state index in [4.69, 9.17) is 13.9 Å². The molecule has 0 spiro atoms. The molecule has 0 unspecified atom stereocenters. The van der Waals surface area contributed by atoms with Gasteiger partial charge in [0, 0.05) is 15.7 Å². The highest BCUT2D eigenvalue weighted by molar-refractivity contribution is 14.1. The molecule has 0 bridgehead atoms. The molecule has 0 amide bonds. The molecule has 0 saturated carbocycles. The van der Waals surface area contributed by atoms with Crippen LogP contribution in [0.25, 0.3) is 11.0 Å². The first-order valence-electron chi connectivity index (χ1n) is 7.20. The molecule has 0 fully saturated rings. The number of esters is 1. The number of fused-ring (bicyclic) bond motifs is 1. The van der Waals surface area contributed by atoms with Crippen molar-refractivity contribution in [2.45, 2.75) is 6.92 Å². The van der Waals surface area contributed by atoms with E-state index in [1.807, 2.05) is 34.7 Å². The van der Waals surface area contributed by atoms with Crippen molar-refractivity contribution in [1.29, 1.82) is 0 Å². The molecule has 0 aliphatic carbocycles. The lowest BCUT2D eigenvalue weighted by Crippen LogP contribution is -2.12. The molecule has 0 N–H and O–H groups in total. The highest BCUT2D eigenvalue weighted by atomic mass is 127. The summed E-state index contributed by atoms with van der Waals surface area (Å²) in [5, 5.41) is 0.326. The number of hydrogen-bond acceptors (Lipinski definition) is 5. The molecular weight excluding hydrogens is 550 g/mol. The predicted octanol–water partition coefficient (Wildman–Crippen LogP) is 4.54. The van der Waals surface area contributed by atoms with Gasteiger partial charge in [-0.1, -0.05) is 12.1 Å². The van der Waals surface area contributed by atoms with E-state index in [2.05, 4.69) is 22.6 Å². The molecule has 3 rings (SSSR count). The molecule has 3 aromatic rings. The molecular formula is C18H12I2O5. The molecule has 7 heteroatoms. The van der Waals surface area contributed by atoms with Gasteiger partial charge in [0.2, 0.25) is 0 Å². The first kappa shape index (κ1) is 18.2. The number of benzene rings is 2. The van der Waals surface area contributed by atoms with Crippen molar-refractivity contribution in [2.75, 3.05) is 7.11 Å². The quantitative estimate of drug-likeness (QED) is 0.267. The normalized spacial score (nSPS) is 10.7. The van der Waals surface area contributed by atoms with E-state index in [1.54, 1.807) is 19.1 Å². The molecule has 0 radical (unpaired) electrons. The van der Waals surface area contributed by atoms with Crippen LogP contribution < -0.4 is 14.9 Å². The van der Waals surface area contributed by atoms with Gasteiger partial charge in [-0.3, -0.25) is 4.79 Å². The smallest absolute Gasteiger partial charge is 0.344 e. The molecule has 1 aromatic heterocycles. The second-order valence-corrected chi connectivity index (χ2v) is 7.43. The summed E-state index contributed by atoms with van der Waals surface area (Å²) >= 11 is 4.08. The van der Waals surface area contributed by atoms with Crippen LogP contribution in [0.2, 0.25) is 0 Å². The number of aryl methyl sites for hydroxylation is 1. The lowest BCUT2D eigenvalue weighted by molar-refractivity contribution is 0.0732. The van der Waals surface area contributed by atoms with Gasteiger partial charge in [-0.2, -0.15) is 0 Å². The number of ether oxygens (including phenoxy) is 2. The minimum atomic E-state index is -0.487. The number of carbonyl (C=O) groups is 1. The van der Waals surface area contributed by atoms with Crippen LogP contribution in [0.15, 0.2) is 45.6 Å². The summed E-state index contributed by atoms with van der Waals surface area (Å²) < 4.78 is 17.9. The summed E-state index contributed by atoms with van der Waals surface area (Å²) in [6, 6.07) is 10.1. The third-order valence-electron chi connectivity index (χ3n) is 3.51. The second-order valence-electron chi connectivity index (χ2n) is 5.19. The Kier molecular flexibility index (Phi) is 5.32. The second kappa shape index (κ2) is 7.32. The zero-order valence-electron chi connectivity index (χ0n) is 13.3. The number of carbonyl (C=O) groups excluding carboxylic acids is 1. The van der Waals surface area contributed by atoms with E-state index in [-0.39, 0.29) is 11.2 Å². The summed E-state index contributed by atoms with van der Waals surface area (Å²) in [4.78, 5) is 24.8. The number of rotatable bonds is 3. The Morgan fingerprint density at radius 3 is 2.52 bits per heavy atom. The fourth-order valence-corrected chi connectivity index (χ4v) is 3.63. The standard InChI is InChI=1S/C18H12I2O5/c1-9-7-12(21)15-13(23-2)8-14(16(20)17(15)24-9)25-18(22)10-5-3-4-6-11(10)19/h3-8H,1-2H3. The van der Waals surface area contributed by atoms with Crippen LogP contribution in [0.5, 0.6) is 11.5 Å². The summed E-state index contributed by atoms with van der Waals surface area (Å²) in [5.74, 6) is 0.566. The summed E-state index contributed by atoms with van der Waals surface area (Å²) in [7, 11) is 1.45. The van der Waals surface area contributed by atoms with Gasteiger partial charge in [0.25, 0.3) is 0 Å². The lowest BCUT2D eigenvalue weighted by Gasteiger charge is -2.12. The average Bonchev–Trinajstić information content (AvgIpc) is 2.57. The molecule has 5 nitrogen and oxygen atoms in total. The zero-order valence-corrected chi connectivity index (χ0v) is 17.6. The molecule has 0 aliphatic rings. The van der Waals surface area contributed by atoms with Gasteiger partial charge in [-0.15, -0.1) is 0 Å². The molecule has 0 atom stereocenters. The van der Waals surface area contributed by atoms with E-state index in [1.165, 1.54) is 19.2 Å². The van der Waals surface area contributed by atoms with E-state index in [9.17, 15) is 9.59 Å². The van der Waals surface area contributed by atoms with Crippen molar-refractivity contribution < 1.29 is 18.7 Å². The number of hydrogen-bond donors (Lipinski definition) is 0. The Labute approximate surface area is 170 Å². The maximum atomic E-state index is 12.5. The van der Waals surface area contributed by atoms with E-state index in [0.29, 0.717) is 31.6 Å². The topological polar surface area (TPSA) is 65.7 Å². The molecule has 128 valence electrons. The summed E-state index contributed by atoms with van der Waals surface area (Å²) in [6.45, 7) is 1.69. The molecule has 0 saturated heterocycles. The van der Waals surface area contributed by atoms with Gasteiger partial charge < -0.3 is 13.9 Å². The first-order valence-corrected chi connectivity index (χ1v) is 9.35. The van der Waals surface area contributed by atoms with Crippen molar-refractivity contribution >= 4 is 62.1 Å². The van der Waals surface area contributed by atoms with Gasteiger partial charge in [-0.25, -0.2) is 4.79 Å². The van der Waals surface area contributed by atoms with Gasteiger partial charge in [0.05, 0.1) is 16.2 Å². The molecule has 0 aliphatic heterocycles. The predicted molar refractivity (Wildman–Crippen MR) is 111 cm³/mol. The third kappa shape index (κ3) is 3.52. The number of halogens is 2. The Bertz CT molecular complexity index is 1040. The molecule has 2 aromatic carbocycles. The molecule has 25 heavy (non-hydrogen) atoms. The Morgan fingerprint density at radius 2 is 1.84 bits per heavy atom. The average molecular weight is 562 g/mol. The first-order chi connectivity index (χ1) is 11.9. The highest BCUT2D eigenvalue weighted by Crippen LogP contribution is 2.36. The highest BCUT2D eigenvalue weighted by Gasteiger charge is 2.20. The van der Waals surface area contributed by atoms with Crippen LogP contribution in [0, 0.1) is 14.1 Å². The van der Waals surface area contributed by atoms with Gasteiger partial charge in [0.15, 0.2) is 16.8 Å². The Morgan fingerprint density at radius 1 is 1.12 bits per heavy atom. The summed E-state index contributed by atoms with van der Waals surface area (Å²) in [5.41, 5.74) is 0.600. The van der Waals surface area contributed by atoms with Crippen molar-refractivity contribution in [1.82, 2.24) is 0 Å². The van der Waals surface area contributed by atoms with Crippen LogP contribution >= 0.6 is 45.2 Å². The third-order valence-corrected chi connectivity index (χ3v) is 5.47. The van der Waals surface area contributed by atoms with Crippen molar-refractivity contribution in [2.24, 2.45) is 0 Å². The zero-order chi connectivity index (χ0) is 18.1. The van der Waals surface area contributed by atoms with Crippen molar-refractivity contribution in [3.63, 3.8) is 0 Å². The minimum absolute atomic E-state index is 0.205.